The van der Waals surface area contributed by atoms with E-state index >= 15 is 0 Å². The Morgan fingerprint density at radius 2 is 1.65 bits per heavy atom. The van der Waals surface area contributed by atoms with E-state index in [4.69, 9.17) is 14.5 Å². The number of nitrogens with one attached hydrogen (secondary N) is 1. The van der Waals surface area contributed by atoms with Gasteiger partial charge in [0.25, 0.3) is 5.91 Å². The van der Waals surface area contributed by atoms with E-state index in [9.17, 15) is 4.79 Å². The minimum absolute atomic E-state index is 0.166. The van der Waals surface area contributed by atoms with E-state index in [-0.39, 0.29) is 5.91 Å². The summed E-state index contributed by atoms with van der Waals surface area (Å²) in [6.07, 6.45) is 0.838. The van der Waals surface area contributed by atoms with Crippen LogP contribution in [0.5, 0.6) is 11.5 Å². The van der Waals surface area contributed by atoms with Gasteiger partial charge in [0.15, 0.2) is 11.5 Å². The van der Waals surface area contributed by atoms with Crippen LogP contribution in [-0.2, 0) is 6.42 Å². The smallest absolute Gasteiger partial charge is 0.256 e. The normalized spacial score (nSPS) is 10.7. The van der Waals surface area contributed by atoms with E-state index in [2.05, 4.69) is 12.2 Å². The molecule has 5 heteroatoms. The van der Waals surface area contributed by atoms with Crippen LogP contribution in [0.1, 0.15) is 22.8 Å². The van der Waals surface area contributed by atoms with Gasteiger partial charge < -0.3 is 14.8 Å². The zero-order valence-electron chi connectivity index (χ0n) is 17.8. The van der Waals surface area contributed by atoms with Gasteiger partial charge in [0.1, 0.15) is 0 Å². The number of aromatic nitrogens is 1. The second kappa shape index (κ2) is 8.88. The molecule has 4 rings (SSSR count). The molecule has 0 saturated carbocycles. The Hall–Kier alpha value is -3.86. The third kappa shape index (κ3) is 4.08. The van der Waals surface area contributed by atoms with Gasteiger partial charge in [-0.15, -0.1) is 0 Å². The quantitative estimate of drug-likeness (QED) is 0.439. The molecular weight excluding hydrogens is 388 g/mol. The number of amides is 1. The van der Waals surface area contributed by atoms with Gasteiger partial charge in [-0.1, -0.05) is 43.3 Å². The molecule has 0 fully saturated rings. The summed E-state index contributed by atoms with van der Waals surface area (Å²) >= 11 is 0. The van der Waals surface area contributed by atoms with Crippen LogP contribution >= 0.6 is 0 Å². The number of methoxy groups -OCH3 is 2. The van der Waals surface area contributed by atoms with Crippen molar-refractivity contribution in [2.24, 2.45) is 0 Å². The molecule has 0 radical (unpaired) electrons. The largest absolute Gasteiger partial charge is 0.493 e. The van der Waals surface area contributed by atoms with Crippen molar-refractivity contribution in [2.75, 3.05) is 19.5 Å². The maximum absolute atomic E-state index is 13.3. The van der Waals surface area contributed by atoms with Gasteiger partial charge in [-0.2, -0.15) is 0 Å². The standard InChI is InChI=1S/C26H24N2O3/c1-4-17-9-5-7-11-21(17)28-26(29)20-16-23(27-22-12-8-6-10-19(20)22)18-13-14-24(30-2)25(15-18)31-3/h5-16H,4H2,1-3H3,(H,28,29). The van der Waals surface area contributed by atoms with Crippen LogP contribution in [0, 0.1) is 0 Å². The third-order valence-corrected chi connectivity index (χ3v) is 5.29. The van der Waals surface area contributed by atoms with Crippen LogP contribution in [0.3, 0.4) is 0 Å². The SMILES string of the molecule is CCc1ccccc1NC(=O)c1cc(-c2ccc(OC)c(OC)c2)nc2ccccc12. The van der Waals surface area contributed by atoms with Crippen molar-refractivity contribution in [3.05, 3.63) is 83.9 Å². The Kier molecular flexibility index (Phi) is 5.85. The van der Waals surface area contributed by atoms with Crippen LogP contribution in [0.2, 0.25) is 0 Å². The number of pyridine rings is 1. The van der Waals surface area contributed by atoms with Crippen LogP contribution < -0.4 is 14.8 Å². The van der Waals surface area contributed by atoms with Crippen molar-refractivity contribution in [3.63, 3.8) is 0 Å². The van der Waals surface area contributed by atoms with Crippen LogP contribution in [0.4, 0.5) is 5.69 Å². The molecule has 0 aliphatic carbocycles. The molecule has 0 saturated heterocycles. The molecule has 0 aliphatic rings. The van der Waals surface area contributed by atoms with Gasteiger partial charge in [-0.05, 0) is 48.4 Å². The fraction of sp³-hybridized carbons (Fsp3) is 0.154. The second-order valence-corrected chi connectivity index (χ2v) is 7.11. The third-order valence-electron chi connectivity index (χ3n) is 5.29. The highest BCUT2D eigenvalue weighted by atomic mass is 16.5. The fourth-order valence-electron chi connectivity index (χ4n) is 3.65. The van der Waals surface area contributed by atoms with Crippen molar-refractivity contribution in [2.45, 2.75) is 13.3 Å². The number of ether oxygens (including phenoxy) is 2. The van der Waals surface area contributed by atoms with Crippen molar-refractivity contribution in [1.29, 1.82) is 0 Å². The second-order valence-electron chi connectivity index (χ2n) is 7.11. The summed E-state index contributed by atoms with van der Waals surface area (Å²) in [4.78, 5) is 18.1. The van der Waals surface area contributed by atoms with Gasteiger partial charge in [0, 0.05) is 16.6 Å². The zero-order chi connectivity index (χ0) is 21.8. The first-order chi connectivity index (χ1) is 15.1. The average molecular weight is 412 g/mol. The number of rotatable bonds is 6. The summed E-state index contributed by atoms with van der Waals surface area (Å²) in [6.45, 7) is 2.07. The van der Waals surface area contributed by atoms with Crippen molar-refractivity contribution >= 4 is 22.5 Å². The lowest BCUT2D eigenvalue weighted by atomic mass is 10.0. The molecule has 5 nitrogen and oxygen atoms in total. The molecule has 0 unspecified atom stereocenters. The first-order valence-electron chi connectivity index (χ1n) is 10.2. The number of carbonyl (C=O) groups excluding carboxylic acids is 1. The molecular formula is C26H24N2O3. The van der Waals surface area contributed by atoms with Crippen molar-refractivity contribution in [1.82, 2.24) is 4.98 Å². The molecule has 31 heavy (non-hydrogen) atoms. The number of benzene rings is 3. The molecule has 4 aromatic rings. The fourth-order valence-corrected chi connectivity index (χ4v) is 3.65. The summed E-state index contributed by atoms with van der Waals surface area (Å²) in [6, 6.07) is 23.0. The maximum Gasteiger partial charge on any atom is 0.256 e. The van der Waals surface area contributed by atoms with E-state index < -0.39 is 0 Å². The lowest BCUT2D eigenvalue weighted by molar-refractivity contribution is 0.102. The maximum atomic E-state index is 13.3. The van der Waals surface area contributed by atoms with Crippen LogP contribution in [-0.4, -0.2) is 25.1 Å². The lowest BCUT2D eigenvalue weighted by Crippen LogP contribution is -2.14. The van der Waals surface area contributed by atoms with Crippen LogP contribution in [0.25, 0.3) is 22.2 Å². The number of anilines is 1. The van der Waals surface area contributed by atoms with Gasteiger partial charge >= 0.3 is 0 Å². The highest BCUT2D eigenvalue weighted by Crippen LogP contribution is 2.33. The molecule has 0 aliphatic heterocycles. The number of nitrogens with zero attached hydrogens (tertiary/aromatic N) is 1. The van der Waals surface area contributed by atoms with Crippen LogP contribution in [0.15, 0.2) is 72.8 Å². The molecule has 1 heterocycles. The Bertz CT molecular complexity index is 1250. The van der Waals surface area contributed by atoms with E-state index in [0.29, 0.717) is 22.8 Å². The first kappa shape index (κ1) is 20.4. The number of fused-ring (bicyclic) bond motifs is 1. The van der Waals surface area contributed by atoms with Crippen molar-refractivity contribution < 1.29 is 14.3 Å². The number of para-hydroxylation sites is 2. The molecule has 3 aromatic carbocycles. The minimum Gasteiger partial charge on any atom is -0.493 e. The summed E-state index contributed by atoms with van der Waals surface area (Å²) in [5.41, 5.74) is 4.77. The number of carbonyl (C=O) groups is 1. The Balaban J connectivity index is 1.81. The van der Waals surface area contributed by atoms with Gasteiger partial charge in [-0.3, -0.25) is 4.79 Å². The average Bonchev–Trinajstić information content (AvgIpc) is 2.83. The zero-order valence-corrected chi connectivity index (χ0v) is 17.8. The van der Waals surface area contributed by atoms with E-state index in [1.165, 1.54) is 0 Å². The minimum atomic E-state index is -0.166. The van der Waals surface area contributed by atoms with Gasteiger partial charge in [-0.25, -0.2) is 4.98 Å². The predicted molar refractivity (Wildman–Crippen MR) is 124 cm³/mol. The van der Waals surface area contributed by atoms with E-state index in [0.717, 1.165) is 34.1 Å². The highest BCUT2D eigenvalue weighted by Gasteiger charge is 2.16. The van der Waals surface area contributed by atoms with Gasteiger partial charge in [0.2, 0.25) is 0 Å². The van der Waals surface area contributed by atoms with Gasteiger partial charge in [0.05, 0.1) is 31.0 Å². The molecule has 1 aromatic heterocycles. The van der Waals surface area contributed by atoms with E-state index in [1.54, 1.807) is 14.2 Å². The monoisotopic (exact) mass is 412 g/mol. The molecule has 0 bridgehead atoms. The summed E-state index contributed by atoms with van der Waals surface area (Å²) in [5, 5.41) is 3.88. The summed E-state index contributed by atoms with van der Waals surface area (Å²) in [7, 11) is 3.20. The molecule has 0 spiro atoms. The molecule has 156 valence electrons. The Labute approximate surface area is 181 Å². The lowest BCUT2D eigenvalue weighted by Gasteiger charge is -2.14. The summed E-state index contributed by atoms with van der Waals surface area (Å²) in [5.74, 6) is 1.08. The number of hydrogen-bond donors (Lipinski definition) is 1. The first-order valence-corrected chi connectivity index (χ1v) is 10.2. The Morgan fingerprint density at radius 1 is 0.903 bits per heavy atom. The van der Waals surface area contributed by atoms with E-state index in [1.807, 2.05) is 72.8 Å². The molecule has 0 atom stereocenters. The molecule has 1 amide bonds. The number of aryl methyl sites for hydroxylation is 1. The highest BCUT2D eigenvalue weighted by molar-refractivity contribution is 6.13. The number of hydrogen-bond acceptors (Lipinski definition) is 4. The summed E-state index contributed by atoms with van der Waals surface area (Å²) < 4.78 is 10.8. The van der Waals surface area contributed by atoms with Crippen molar-refractivity contribution in [3.8, 4) is 22.8 Å². The topological polar surface area (TPSA) is 60.5 Å². The Morgan fingerprint density at radius 3 is 2.42 bits per heavy atom. The molecule has 1 N–H and O–H groups in total. The predicted octanol–water partition coefficient (Wildman–Crippen LogP) is 5.73.